The number of benzene rings is 2. The first-order valence-corrected chi connectivity index (χ1v) is 10.5. The fourth-order valence-corrected chi connectivity index (χ4v) is 3.45. The fraction of sp³-hybridized carbons (Fsp3) is 0.440. The Balaban J connectivity index is 2.67. The molecule has 0 aliphatic heterocycles. The van der Waals surface area contributed by atoms with E-state index in [1.165, 1.54) is 4.90 Å². The number of para-hydroxylation sites is 1. The predicted molar refractivity (Wildman–Crippen MR) is 124 cm³/mol. The molecule has 0 saturated carbocycles. The number of anilines is 2. The summed E-state index contributed by atoms with van der Waals surface area (Å²) >= 11 is 0. The van der Waals surface area contributed by atoms with Crippen molar-refractivity contribution in [2.75, 3.05) is 12.0 Å². The van der Waals surface area contributed by atoms with Gasteiger partial charge >= 0.3 is 6.09 Å². The lowest BCUT2D eigenvalue weighted by molar-refractivity contribution is 0.0599. The number of hydrogen-bond acceptors (Lipinski definition) is 4. The second-order valence-electron chi connectivity index (χ2n) is 8.93. The van der Waals surface area contributed by atoms with Crippen molar-refractivity contribution in [1.82, 2.24) is 4.90 Å². The molecule has 2 amide bonds. The van der Waals surface area contributed by atoms with Crippen molar-refractivity contribution < 1.29 is 19.1 Å². The van der Waals surface area contributed by atoms with Gasteiger partial charge in [-0.15, -0.1) is 0 Å². The summed E-state index contributed by atoms with van der Waals surface area (Å²) in [5.74, 6) is 0.456. The zero-order valence-electron chi connectivity index (χ0n) is 19.8. The van der Waals surface area contributed by atoms with Gasteiger partial charge in [0.15, 0.2) is 0 Å². The summed E-state index contributed by atoms with van der Waals surface area (Å²) in [5, 5.41) is 0. The predicted octanol–water partition coefficient (Wildman–Crippen LogP) is 6.03. The van der Waals surface area contributed by atoms with Gasteiger partial charge in [-0.3, -0.25) is 4.79 Å². The quantitative estimate of drug-likeness (QED) is 0.566. The Kier molecular flexibility index (Phi) is 7.71. The third kappa shape index (κ3) is 6.00. The van der Waals surface area contributed by atoms with E-state index >= 15 is 0 Å². The zero-order chi connectivity index (χ0) is 23.3. The minimum atomic E-state index is -0.699. The summed E-state index contributed by atoms with van der Waals surface area (Å²) in [6.07, 6.45) is -0.568. The number of carbonyl (C=O) groups is 2. The lowest BCUT2D eigenvalue weighted by Crippen LogP contribution is -2.43. The first-order valence-electron chi connectivity index (χ1n) is 10.5. The van der Waals surface area contributed by atoms with Crippen molar-refractivity contribution >= 4 is 23.4 Å². The molecule has 2 rings (SSSR count). The Morgan fingerprint density at radius 2 is 1.52 bits per heavy atom. The standard InChI is InChI=1S/C25H34N2O4/c1-17(2)26(18(3)4)23(28)21-14-9-10-15-22(21)27(24(29)31-25(5,6)7)19-12-11-13-20(16-19)30-8/h9-18H,1-8H3. The van der Waals surface area contributed by atoms with Crippen molar-refractivity contribution in [2.45, 2.75) is 66.2 Å². The summed E-state index contributed by atoms with van der Waals surface area (Å²) in [6.45, 7) is 13.4. The van der Waals surface area contributed by atoms with Gasteiger partial charge < -0.3 is 14.4 Å². The molecule has 2 aromatic carbocycles. The molecule has 0 bridgehead atoms. The van der Waals surface area contributed by atoms with Crippen LogP contribution < -0.4 is 9.64 Å². The number of methoxy groups -OCH3 is 1. The topological polar surface area (TPSA) is 59.1 Å². The van der Waals surface area contributed by atoms with Crippen molar-refractivity contribution in [3.63, 3.8) is 0 Å². The van der Waals surface area contributed by atoms with Crippen molar-refractivity contribution in [3.8, 4) is 5.75 Å². The lowest BCUT2D eigenvalue weighted by atomic mass is 10.1. The van der Waals surface area contributed by atoms with Gasteiger partial charge in [-0.25, -0.2) is 9.69 Å². The molecule has 0 aliphatic carbocycles. The van der Waals surface area contributed by atoms with Crippen LogP contribution in [0.25, 0.3) is 0 Å². The largest absolute Gasteiger partial charge is 0.497 e. The van der Waals surface area contributed by atoms with Gasteiger partial charge in [0, 0.05) is 18.2 Å². The molecule has 0 saturated heterocycles. The minimum absolute atomic E-state index is 0.00681. The third-order valence-corrected chi connectivity index (χ3v) is 4.61. The van der Waals surface area contributed by atoms with E-state index < -0.39 is 11.7 Å². The molecular formula is C25H34N2O4. The molecule has 6 heteroatoms. The molecule has 0 spiro atoms. The van der Waals surface area contributed by atoms with E-state index in [2.05, 4.69) is 0 Å². The summed E-state index contributed by atoms with van der Waals surface area (Å²) in [7, 11) is 1.57. The molecule has 0 heterocycles. The molecule has 0 N–H and O–H groups in total. The molecular weight excluding hydrogens is 392 g/mol. The van der Waals surface area contributed by atoms with E-state index in [1.54, 1.807) is 60.5 Å². The van der Waals surface area contributed by atoms with Crippen LogP contribution in [0.1, 0.15) is 58.8 Å². The van der Waals surface area contributed by atoms with Gasteiger partial charge in [-0.05, 0) is 72.7 Å². The van der Waals surface area contributed by atoms with Gasteiger partial charge in [0.1, 0.15) is 11.4 Å². The second kappa shape index (κ2) is 9.86. The SMILES string of the molecule is COc1cccc(N(C(=O)OC(C)(C)C)c2ccccc2C(=O)N(C(C)C)C(C)C)c1. The maximum atomic E-state index is 13.5. The van der Waals surface area contributed by atoms with Crippen LogP contribution >= 0.6 is 0 Å². The average molecular weight is 427 g/mol. The highest BCUT2D eigenvalue weighted by atomic mass is 16.6. The molecule has 0 atom stereocenters. The highest BCUT2D eigenvalue weighted by Crippen LogP contribution is 2.33. The summed E-state index contributed by atoms with van der Waals surface area (Å²) in [6, 6.07) is 14.2. The minimum Gasteiger partial charge on any atom is -0.497 e. The Morgan fingerprint density at radius 1 is 0.903 bits per heavy atom. The number of amides is 2. The van der Waals surface area contributed by atoms with Crippen LogP contribution in [0.4, 0.5) is 16.2 Å². The smallest absolute Gasteiger partial charge is 0.419 e. The molecule has 0 radical (unpaired) electrons. The van der Waals surface area contributed by atoms with E-state index in [4.69, 9.17) is 9.47 Å². The summed E-state index contributed by atoms with van der Waals surface area (Å²) in [4.78, 5) is 30.1. The van der Waals surface area contributed by atoms with Crippen LogP contribution in [-0.2, 0) is 4.74 Å². The van der Waals surface area contributed by atoms with Crippen LogP contribution in [0.3, 0.4) is 0 Å². The zero-order valence-corrected chi connectivity index (χ0v) is 19.8. The van der Waals surface area contributed by atoms with E-state index in [-0.39, 0.29) is 18.0 Å². The second-order valence-corrected chi connectivity index (χ2v) is 8.93. The third-order valence-electron chi connectivity index (χ3n) is 4.61. The fourth-order valence-electron chi connectivity index (χ4n) is 3.45. The van der Waals surface area contributed by atoms with Gasteiger partial charge in [0.2, 0.25) is 0 Å². The maximum absolute atomic E-state index is 13.5. The highest BCUT2D eigenvalue weighted by molar-refractivity contribution is 6.06. The number of hydrogen-bond donors (Lipinski definition) is 0. The Morgan fingerprint density at radius 3 is 2.06 bits per heavy atom. The van der Waals surface area contributed by atoms with E-state index in [1.807, 2.05) is 48.5 Å². The van der Waals surface area contributed by atoms with Crippen LogP contribution in [0, 0.1) is 0 Å². The van der Waals surface area contributed by atoms with Crippen LogP contribution in [0.5, 0.6) is 5.75 Å². The van der Waals surface area contributed by atoms with Gasteiger partial charge in [0.25, 0.3) is 5.91 Å². The highest BCUT2D eigenvalue weighted by Gasteiger charge is 2.31. The van der Waals surface area contributed by atoms with Crippen molar-refractivity contribution in [2.24, 2.45) is 0 Å². The normalized spacial score (nSPS) is 11.4. The first kappa shape index (κ1) is 24.3. The number of carbonyl (C=O) groups excluding carboxylic acids is 2. The monoisotopic (exact) mass is 426 g/mol. The molecule has 2 aromatic rings. The maximum Gasteiger partial charge on any atom is 0.419 e. The Hall–Kier alpha value is -3.02. The van der Waals surface area contributed by atoms with E-state index in [9.17, 15) is 9.59 Å². The molecule has 0 unspecified atom stereocenters. The van der Waals surface area contributed by atoms with E-state index in [0.717, 1.165) is 0 Å². The molecule has 6 nitrogen and oxygen atoms in total. The number of rotatable bonds is 6. The number of nitrogens with zero attached hydrogens (tertiary/aromatic N) is 2. The lowest BCUT2D eigenvalue weighted by Gasteiger charge is -2.33. The van der Waals surface area contributed by atoms with Gasteiger partial charge in [-0.1, -0.05) is 18.2 Å². The Labute approximate surface area is 185 Å². The van der Waals surface area contributed by atoms with Crippen LogP contribution in [0.2, 0.25) is 0 Å². The van der Waals surface area contributed by atoms with Gasteiger partial charge in [0.05, 0.1) is 24.0 Å². The summed E-state index contributed by atoms with van der Waals surface area (Å²) < 4.78 is 11.0. The van der Waals surface area contributed by atoms with E-state index in [0.29, 0.717) is 22.7 Å². The molecule has 0 aliphatic rings. The molecule has 0 aromatic heterocycles. The van der Waals surface area contributed by atoms with Crippen LogP contribution in [0.15, 0.2) is 48.5 Å². The van der Waals surface area contributed by atoms with Crippen molar-refractivity contribution in [1.29, 1.82) is 0 Å². The first-order chi connectivity index (χ1) is 14.5. The Bertz CT molecular complexity index is 908. The summed E-state index contributed by atoms with van der Waals surface area (Å²) in [5.41, 5.74) is 0.740. The molecule has 168 valence electrons. The average Bonchev–Trinajstić information content (AvgIpc) is 2.66. The molecule has 0 fully saturated rings. The van der Waals surface area contributed by atoms with Crippen LogP contribution in [-0.4, -0.2) is 41.7 Å². The molecule has 31 heavy (non-hydrogen) atoms. The van der Waals surface area contributed by atoms with Gasteiger partial charge in [-0.2, -0.15) is 0 Å². The van der Waals surface area contributed by atoms with Crippen molar-refractivity contribution in [3.05, 3.63) is 54.1 Å². The number of ether oxygens (including phenoxy) is 2.